The van der Waals surface area contributed by atoms with Crippen LogP contribution < -0.4 is 9.64 Å². The number of thiophene rings is 1. The van der Waals surface area contributed by atoms with Crippen molar-refractivity contribution in [1.29, 1.82) is 0 Å². The highest BCUT2D eigenvalue weighted by atomic mass is 32.1. The van der Waals surface area contributed by atoms with Crippen molar-refractivity contribution in [3.05, 3.63) is 86.1 Å². The van der Waals surface area contributed by atoms with E-state index >= 15 is 0 Å². The molecule has 6 heteroatoms. The zero-order valence-electron chi connectivity index (χ0n) is 18.8. The second kappa shape index (κ2) is 8.19. The molecule has 0 saturated carbocycles. The molecule has 0 aliphatic carbocycles. The van der Waals surface area contributed by atoms with E-state index in [0.717, 1.165) is 45.7 Å². The number of ether oxygens (including phenoxy) is 1. The minimum absolute atomic E-state index is 0.125. The van der Waals surface area contributed by atoms with Gasteiger partial charge in [0.2, 0.25) is 0 Å². The zero-order chi connectivity index (χ0) is 23.3. The van der Waals surface area contributed by atoms with Crippen LogP contribution in [0.1, 0.15) is 45.2 Å². The molecular formula is C27H25NO4S. The largest absolute Gasteiger partial charge is 0.507 e. The number of ketones is 1. The van der Waals surface area contributed by atoms with Crippen LogP contribution in [-0.4, -0.2) is 23.4 Å². The lowest BCUT2D eigenvalue weighted by atomic mass is 9.96. The van der Waals surface area contributed by atoms with Crippen molar-refractivity contribution in [2.24, 2.45) is 0 Å². The van der Waals surface area contributed by atoms with E-state index in [1.165, 1.54) is 16.2 Å². The van der Waals surface area contributed by atoms with Crippen LogP contribution in [0.2, 0.25) is 0 Å². The van der Waals surface area contributed by atoms with E-state index in [4.69, 9.17) is 4.74 Å². The standard InChI is InChI=1S/C27H25NO4S/c1-15-6-8-20(13-17(15)3)28-23(26-16(2)10-12-33-26)22(25(30)27(28)31)24(29)19-7-9-21-18(14-19)5-4-11-32-21/h6-10,12-14,23,29H,4-5,11H2,1-3H3/b24-22-. The summed E-state index contributed by atoms with van der Waals surface area (Å²) < 4.78 is 5.69. The predicted octanol–water partition coefficient (Wildman–Crippen LogP) is 5.62. The molecule has 2 aliphatic heterocycles. The lowest BCUT2D eigenvalue weighted by Gasteiger charge is -2.25. The predicted molar refractivity (Wildman–Crippen MR) is 130 cm³/mol. The summed E-state index contributed by atoms with van der Waals surface area (Å²) in [4.78, 5) is 29.0. The molecule has 1 unspecified atom stereocenters. The van der Waals surface area contributed by atoms with Crippen molar-refractivity contribution in [2.75, 3.05) is 11.5 Å². The first kappa shape index (κ1) is 21.5. The third-order valence-electron chi connectivity index (χ3n) is 6.55. The van der Waals surface area contributed by atoms with Crippen molar-refractivity contribution < 1.29 is 19.4 Å². The van der Waals surface area contributed by atoms with Crippen molar-refractivity contribution in [1.82, 2.24) is 0 Å². The Balaban J connectivity index is 1.70. The van der Waals surface area contributed by atoms with Crippen LogP contribution in [0.25, 0.3) is 5.76 Å². The normalized spacial score (nSPS) is 19.5. The summed E-state index contributed by atoms with van der Waals surface area (Å²) in [6.07, 6.45) is 1.75. The molecule has 33 heavy (non-hydrogen) atoms. The van der Waals surface area contributed by atoms with Crippen LogP contribution in [0.4, 0.5) is 5.69 Å². The molecule has 1 atom stereocenters. The van der Waals surface area contributed by atoms with E-state index in [9.17, 15) is 14.7 Å². The number of hydrogen-bond donors (Lipinski definition) is 1. The first-order valence-electron chi connectivity index (χ1n) is 11.0. The van der Waals surface area contributed by atoms with E-state index in [1.54, 1.807) is 6.07 Å². The number of carbonyl (C=O) groups excluding carboxylic acids is 2. The Morgan fingerprint density at radius 3 is 2.58 bits per heavy atom. The summed E-state index contributed by atoms with van der Waals surface area (Å²) in [5.74, 6) is -0.638. The van der Waals surface area contributed by atoms with Gasteiger partial charge in [-0.1, -0.05) is 6.07 Å². The molecule has 0 bridgehead atoms. The van der Waals surface area contributed by atoms with Gasteiger partial charge in [0, 0.05) is 16.1 Å². The third kappa shape index (κ3) is 3.55. The van der Waals surface area contributed by atoms with Gasteiger partial charge in [0.1, 0.15) is 17.6 Å². The fourth-order valence-electron chi connectivity index (χ4n) is 4.55. The molecule has 1 saturated heterocycles. The topological polar surface area (TPSA) is 66.8 Å². The quantitative estimate of drug-likeness (QED) is 0.313. The van der Waals surface area contributed by atoms with Crippen molar-refractivity contribution in [3.8, 4) is 5.75 Å². The van der Waals surface area contributed by atoms with Gasteiger partial charge in [-0.3, -0.25) is 14.5 Å². The lowest BCUT2D eigenvalue weighted by molar-refractivity contribution is -0.132. The molecule has 1 aromatic heterocycles. The minimum atomic E-state index is -0.681. The van der Waals surface area contributed by atoms with Gasteiger partial charge < -0.3 is 9.84 Å². The molecule has 5 nitrogen and oxygen atoms in total. The Morgan fingerprint density at radius 2 is 1.85 bits per heavy atom. The molecular weight excluding hydrogens is 434 g/mol. The highest BCUT2D eigenvalue weighted by Crippen LogP contribution is 2.45. The number of Topliss-reactive ketones (excluding diaryl/α,β-unsaturated/α-hetero) is 1. The number of rotatable bonds is 3. The molecule has 3 heterocycles. The van der Waals surface area contributed by atoms with E-state index in [0.29, 0.717) is 17.9 Å². The SMILES string of the molecule is Cc1ccc(N2C(=O)C(=O)/C(=C(\O)c3ccc4c(c3)CCCO4)C2c2sccc2C)cc1C. The van der Waals surface area contributed by atoms with Gasteiger partial charge in [-0.25, -0.2) is 0 Å². The molecule has 0 spiro atoms. The number of hydrogen-bond acceptors (Lipinski definition) is 5. The first-order chi connectivity index (χ1) is 15.9. The second-order valence-corrected chi connectivity index (χ2v) is 9.63. The number of anilines is 1. The van der Waals surface area contributed by atoms with E-state index in [2.05, 4.69) is 0 Å². The molecule has 2 aromatic carbocycles. The third-order valence-corrected chi connectivity index (χ3v) is 7.62. The molecule has 168 valence electrons. The van der Waals surface area contributed by atoms with Crippen LogP contribution >= 0.6 is 11.3 Å². The van der Waals surface area contributed by atoms with Gasteiger partial charge in [-0.15, -0.1) is 11.3 Å². The molecule has 1 N–H and O–H groups in total. The summed E-state index contributed by atoms with van der Waals surface area (Å²) in [5.41, 5.74) is 5.41. The van der Waals surface area contributed by atoms with Crippen molar-refractivity contribution >= 4 is 34.5 Å². The van der Waals surface area contributed by atoms with Crippen LogP contribution in [0.15, 0.2) is 53.4 Å². The average molecular weight is 460 g/mol. The molecule has 3 aromatic rings. The van der Waals surface area contributed by atoms with E-state index in [-0.39, 0.29) is 11.3 Å². The van der Waals surface area contributed by atoms with Crippen LogP contribution in [0, 0.1) is 20.8 Å². The number of fused-ring (bicyclic) bond motifs is 1. The molecule has 1 fully saturated rings. The lowest BCUT2D eigenvalue weighted by Crippen LogP contribution is -2.29. The minimum Gasteiger partial charge on any atom is -0.507 e. The highest BCUT2D eigenvalue weighted by molar-refractivity contribution is 7.10. The number of aliphatic hydroxyl groups excluding tert-OH is 1. The van der Waals surface area contributed by atoms with Gasteiger partial charge in [-0.2, -0.15) is 0 Å². The Kier molecular flexibility index (Phi) is 5.33. The zero-order valence-corrected chi connectivity index (χ0v) is 19.7. The summed E-state index contributed by atoms with van der Waals surface area (Å²) in [5, 5.41) is 13.3. The van der Waals surface area contributed by atoms with Crippen LogP contribution in [-0.2, 0) is 16.0 Å². The Hall–Kier alpha value is -3.38. The van der Waals surface area contributed by atoms with Gasteiger partial charge in [0.25, 0.3) is 11.7 Å². The summed E-state index contributed by atoms with van der Waals surface area (Å²) >= 11 is 1.48. The number of benzene rings is 2. The smallest absolute Gasteiger partial charge is 0.300 e. The maximum absolute atomic E-state index is 13.3. The Bertz CT molecular complexity index is 1320. The molecule has 5 rings (SSSR count). The fourth-order valence-corrected chi connectivity index (χ4v) is 5.57. The monoisotopic (exact) mass is 459 g/mol. The van der Waals surface area contributed by atoms with Crippen molar-refractivity contribution in [2.45, 2.75) is 39.7 Å². The summed E-state index contributed by atoms with van der Waals surface area (Å²) in [7, 11) is 0. The Morgan fingerprint density at radius 1 is 1.03 bits per heavy atom. The van der Waals surface area contributed by atoms with E-state index in [1.807, 2.05) is 62.5 Å². The van der Waals surface area contributed by atoms with Crippen LogP contribution in [0.3, 0.4) is 0 Å². The molecule has 0 radical (unpaired) electrons. The van der Waals surface area contributed by atoms with E-state index < -0.39 is 17.7 Å². The van der Waals surface area contributed by atoms with Crippen LogP contribution in [0.5, 0.6) is 5.75 Å². The number of amides is 1. The maximum Gasteiger partial charge on any atom is 0.300 e. The van der Waals surface area contributed by atoms with Gasteiger partial charge in [0.15, 0.2) is 0 Å². The second-order valence-electron chi connectivity index (χ2n) is 8.68. The summed E-state index contributed by atoms with van der Waals surface area (Å²) in [6, 6.07) is 12.5. The summed E-state index contributed by atoms with van der Waals surface area (Å²) in [6.45, 7) is 6.63. The highest BCUT2D eigenvalue weighted by Gasteiger charge is 2.48. The van der Waals surface area contributed by atoms with Gasteiger partial charge in [0.05, 0.1) is 12.2 Å². The van der Waals surface area contributed by atoms with Gasteiger partial charge >= 0.3 is 0 Å². The number of aryl methyl sites for hydroxylation is 4. The first-order valence-corrected chi connectivity index (χ1v) is 11.9. The molecule has 1 amide bonds. The molecule has 2 aliphatic rings. The van der Waals surface area contributed by atoms with Crippen molar-refractivity contribution in [3.63, 3.8) is 0 Å². The number of nitrogens with zero attached hydrogens (tertiary/aromatic N) is 1. The Labute approximate surface area is 196 Å². The number of aliphatic hydroxyl groups is 1. The average Bonchev–Trinajstić information content (AvgIpc) is 3.35. The maximum atomic E-state index is 13.3. The van der Waals surface area contributed by atoms with Gasteiger partial charge in [-0.05, 0) is 97.6 Å². The fraction of sp³-hybridized carbons (Fsp3) is 0.259. The number of carbonyl (C=O) groups is 2.